The summed E-state index contributed by atoms with van der Waals surface area (Å²) in [6.07, 6.45) is 0. The second-order valence-electron chi connectivity index (χ2n) is 1.81. The largest absolute Gasteiger partial charge is 1.00 e. The molecule has 0 saturated carbocycles. The minimum absolute atomic E-state index is 0. The summed E-state index contributed by atoms with van der Waals surface area (Å²) < 4.78 is 9.89. The first-order valence-electron chi connectivity index (χ1n) is 2.96. The van der Waals surface area contributed by atoms with Crippen LogP contribution >= 0.6 is 0 Å². The summed E-state index contributed by atoms with van der Waals surface area (Å²) in [5.41, 5.74) is 0. The average molecular weight is 223 g/mol. The predicted octanol–water partition coefficient (Wildman–Crippen LogP) is -1.49. The van der Waals surface area contributed by atoms with E-state index in [1.807, 2.05) is 0 Å². The van der Waals surface area contributed by atoms with Gasteiger partial charge >= 0.3 is 58.2 Å². The summed E-state index contributed by atoms with van der Waals surface area (Å²) in [6, 6.07) is 8.19. The second kappa shape index (κ2) is 6.18. The standard InChI is InChI=1S/C8H9O2.Rb/c1-9-7-4-3-5-8(6-7)10-2;/h4-6H,1-2H3;/q-1;+1. The predicted molar refractivity (Wildman–Crippen MR) is 38.4 cm³/mol. The number of hydrogen-bond donors (Lipinski definition) is 0. The number of rotatable bonds is 2. The van der Waals surface area contributed by atoms with Crippen molar-refractivity contribution in [3.8, 4) is 11.5 Å². The zero-order valence-electron chi connectivity index (χ0n) is 7.05. The van der Waals surface area contributed by atoms with E-state index in [0.29, 0.717) is 0 Å². The van der Waals surface area contributed by atoms with Crippen LogP contribution in [0.25, 0.3) is 0 Å². The molecule has 0 aromatic heterocycles. The molecule has 0 N–H and O–H groups in total. The molecule has 1 rings (SSSR count). The van der Waals surface area contributed by atoms with E-state index in [-0.39, 0.29) is 58.2 Å². The average Bonchev–Trinajstić information content (AvgIpc) is 2.05. The van der Waals surface area contributed by atoms with E-state index in [0.717, 1.165) is 11.5 Å². The van der Waals surface area contributed by atoms with Crippen LogP contribution in [0.3, 0.4) is 0 Å². The van der Waals surface area contributed by atoms with Gasteiger partial charge in [0.2, 0.25) is 0 Å². The van der Waals surface area contributed by atoms with Crippen molar-refractivity contribution in [2.24, 2.45) is 0 Å². The van der Waals surface area contributed by atoms with Crippen molar-refractivity contribution >= 4 is 0 Å². The summed E-state index contributed by atoms with van der Waals surface area (Å²) in [5.74, 6) is 1.53. The van der Waals surface area contributed by atoms with Crippen LogP contribution in [-0.2, 0) is 0 Å². The minimum Gasteiger partial charge on any atom is -0.554 e. The fourth-order valence-corrected chi connectivity index (χ4v) is 0.665. The molecule has 0 unspecified atom stereocenters. The summed E-state index contributed by atoms with van der Waals surface area (Å²) in [5, 5.41) is 0. The first-order chi connectivity index (χ1) is 4.86. The van der Waals surface area contributed by atoms with Gasteiger partial charge in [-0.3, -0.25) is 0 Å². The third kappa shape index (κ3) is 3.70. The Kier molecular flexibility index (Phi) is 6.53. The molecule has 2 nitrogen and oxygen atoms in total. The molecular formula is C8H9O2Rb. The maximum Gasteiger partial charge on any atom is 1.00 e. The zero-order valence-corrected chi connectivity index (χ0v) is 12.0. The van der Waals surface area contributed by atoms with E-state index in [4.69, 9.17) is 9.47 Å². The fraction of sp³-hybridized carbons (Fsp3) is 0.250. The summed E-state index contributed by atoms with van der Waals surface area (Å²) in [6.45, 7) is 0. The molecule has 0 amide bonds. The van der Waals surface area contributed by atoms with Crippen LogP contribution < -0.4 is 67.7 Å². The maximum atomic E-state index is 4.95. The van der Waals surface area contributed by atoms with Crippen molar-refractivity contribution in [1.29, 1.82) is 0 Å². The molecule has 0 radical (unpaired) electrons. The molecule has 0 atom stereocenters. The Hall–Kier alpha value is 0.625. The first-order valence-corrected chi connectivity index (χ1v) is 2.96. The quantitative estimate of drug-likeness (QED) is 0.568. The molecule has 0 heterocycles. The van der Waals surface area contributed by atoms with Crippen molar-refractivity contribution in [2.75, 3.05) is 14.2 Å². The molecule has 0 aliphatic heterocycles. The van der Waals surface area contributed by atoms with Gasteiger partial charge in [0.1, 0.15) is 0 Å². The van der Waals surface area contributed by atoms with Gasteiger partial charge in [-0.1, -0.05) is 6.07 Å². The molecule has 0 spiro atoms. The molecule has 54 valence electrons. The van der Waals surface area contributed by atoms with Gasteiger partial charge in [0, 0.05) is 11.5 Å². The molecule has 0 aliphatic carbocycles. The Bertz CT molecular complexity index is 194. The molecule has 0 bridgehead atoms. The van der Waals surface area contributed by atoms with Crippen molar-refractivity contribution < 1.29 is 67.7 Å². The van der Waals surface area contributed by atoms with Crippen molar-refractivity contribution in [3.05, 3.63) is 24.3 Å². The Balaban J connectivity index is 0.000001000. The van der Waals surface area contributed by atoms with Gasteiger partial charge in [-0.05, 0) is 0 Å². The van der Waals surface area contributed by atoms with Gasteiger partial charge in [0.05, 0.1) is 14.2 Å². The van der Waals surface area contributed by atoms with E-state index in [2.05, 4.69) is 6.07 Å². The Morgan fingerprint density at radius 2 is 1.55 bits per heavy atom. The summed E-state index contributed by atoms with van der Waals surface area (Å²) >= 11 is 0. The van der Waals surface area contributed by atoms with Crippen LogP contribution in [0, 0.1) is 6.07 Å². The molecule has 11 heavy (non-hydrogen) atoms. The third-order valence-electron chi connectivity index (χ3n) is 1.21. The van der Waals surface area contributed by atoms with Gasteiger partial charge in [-0.25, -0.2) is 0 Å². The Labute approximate surface area is 116 Å². The molecule has 0 saturated heterocycles. The Morgan fingerprint density at radius 3 is 1.91 bits per heavy atom. The maximum absolute atomic E-state index is 4.95. The number of methoxy groups -OCH3 is 2. The van der Waals surface area contributed by atoms with Crippen molar-refractivity contribution in [2.45, 2.75) is 0 Å². The second-order valence-corrected chi connectivity index (χ2v) is 1.81. The van der Waals surface area contributed by atoms with E-state index in [1.165, 1.54) is 0 Å². The SMILES string of the molecule is COc1c[c-]cc(OC)c1.[Rb+]. The van der Waals surface area contributed by atoms with Crippen LogP contribution in [0.2, 0.25) is 0 Å². The number of hydrogen-bond acceptors (Lipinski definition) is 2. The first kappa shape index (κ1) is 11.6. The van der Waals surface area contributed by atoms with Crippen LogP contribution in [0.1, 0.15) is 0 Å². The van der Waals surface area contributed by atoms with E-state index in [9.17, 15) is 0 Å². The van der Waals surface area contributed by atoms with E-state index < -0.39 is 0 Å². The zero-order chi connectivity index (χ0) is 7.40. The van der Waals surface area contributed by atoms with Gasteiger partial charge < -0.3 is 9.47 Å². The van der Waals surface area contributed by atoms with Gasteiger partial charge in [0.15, 0.2) is 0 Å². The van der Waals surface area contributed by atoms with Gasteiger partial charge in [-0.2, -0.15) is 6.07 Å². The minimum atomic E-state index is 0. The molecule has 0 aliphatic rings. The molecule has 0 fully saturated rings. The van der Waals surface area contributed by atoms with E-state index >= 15 is 0 Å². The Morgan fingerprint density at radius 1 is 1.09 bits per heavy atom. The van der Waals surface area contributed by atoms with E-state index in [1.54, 1.807) is 32.4 Å². The van der Waals surface area contributed by atoms with Gasteiger partial charge in [0.25, 0.3) is 0 Å². The van der Waals surface area contributed by atoms with Crippen LogP contribution in [0.5, 0.6) is 11.5 Å². The van der Waals surface area contributed by atoms with Gasteiger partial charge in [-0.15, -0.1) is 12.1 Å². The van der Waals surface area contributed by atoms with Crippen LogP contribution in [-0.4, -0.2) is 14.2 Å². The smallest absolute Gasteiger partial charge is 0.554 e. The third-order valence-corrected chi connectivity index (χ3v) is 1.21. The molecule has 1 aromatic rings. The van der Waals surface area contributed by atoms with Crippen LogP contribution in [0.15, 0.2) is 18.2 Å². The monoisotopic (exact) mass is 222 g/mol. The fourth-order valence-electron chi connectivity index (χ4n) is 0.665. The molecule has 1 aromatic carbocycles. The summed E-state index contributed by atoms with van der Waals surface area (Å²) in [4.78, 5) is 0. The topological polar surface area (TPSA) is 18.5 Å². The molecule has 3 heteroatoms. The number of benzene rings is 1. The van der Waals surface area contributed by atoms with Crippen molar-refractivity contribution in [1.82, 2.24) is 0 Å². The molecular weight excluding hydrogens is 214 g/mol. The summed E-state index contributed by atoms with van der Waals surface area (Å²) in [7, 11) is 3.23. The van der Waals surface area contributed by atoms with Crippen LogP contribution in [0.4, 0.5) is 0 Å². The normalized spacial score (nSPS) is 8.18. The van der Waals surface area contributed by atoms with Crippen molar-refractivity contribution in [3.63, 3.8) is 0 Å². The number of ether oxygens (including phenoxy) is 2.